The van der Waals surface area contributed by atoms with Crippen LogP contribution in [0, 0.1) is 0 Å². The van der Waals surface area contributed by atoms with E-state index in [0.29, 0.717) is 0 Å². The topological polar surface area (TPSA) is 78.8 Å². The molecule has 0 atom stereocenters. The van der Waals surface area contributed by atoms with Crippen LogP contribution in [0.3, 0.4) is 0 Å². The standard InChI is InChI=1S/C15H11F3N2O3S/c16-15(17,18)13(8-11(22)12-2-1-7-24-12)19-20-14(23)9-3-5-10(21)6-4-9/h1-7,21H,8H2,(H,20,23). The number of carbonyl (C=O) groups is 2. The van der Waals surface area contributed by atoms with E-state index in [1.807, 2.05) is 0 Å². The van der Waals surface area contributed by atoms with Crippen LogP contribution in [0.25, 0.3) is 0 Å². The Morgan fingerprint density at radius 3 is 2.38 bits per heavy atom. The number of halogens is 3. The molecular formula is C15H11F3N2O3S. The number of Topliss-reactive ketones (excluding diaryl/α,β-unsaturated/α-hetero) is 1. The van der Waals surface area contributed by atoms with Gasteiger partial charge in [0.1, 0.15) is 11.5 Å². The van der Waals surface area contributed by atoms with Crippen LogP contribution in [0.4, 0.5) is 13.2 Å². The van der Waals surface area contributed by atoms with Crippen molar-refractivity contribution in [3.05, 3.63) is 52.2 Å². The number of thiophene rings is 1. The Hall–Kier alpha value is -2.68. The van der Waals surface area contributed by atoms with Gasteiger partial charge in [-0.1, -0.05) is 6.07 Å². The fourth-order valence-electron chi connectivity index (χ4n) is 1.68. The van der Waals surface area contributed by atoms with Crippen LogP contribution in [-0.4, -0.2) is 28.7 Å². The molecule has 1 aromatic carbocycles. The molecule has 0 aliphatic rings. The zero-order chi connectivity index (χ0) is 17.7. The summed E-state index contributed by atoms with van der Waals surface area (Å²) in [5, 5.41) is 13.7. The molecule has 0 radical (unpaired) electrons. The molecule has 2 N–H and O–H groups in total. The van der Waals surface area contributed by atoms with Crippen LogP contribution in [0.2, 0.25) is 0 Å². The van der Waals surface area contributed by atoms with Crippen LogP contribution >= 0.6 is 11.3 Å². The molecule has 2 rings (SSSR count). The number of aromatic hydroxyl groups is 1. The van der Waals surface area contributed by atoms with Gasteiger partial charge in [-0.3, -0.25) is 9.59 Å². The number of carbonyl (C=O) groups excluding carboxylic acids is 2. The third kappa shape index (κ3) is 4.66. The van der Waals surface area contributed by atoms with Crippen molar-refractivity contribution >= 4 is 28.7 Å². The van der Waals surface area contributed by atoms with Gasteiger partial charge in [-0.15, -0.1) is 11.3 Å². The molecule has 1 aromatic heterocycles. The van der Waals surface area contributed by atoms with E-state index in [2.05, 4.69) is 5.10 Å². The van der Waals surface area contributed by atoms with Crippen molar-refractivity contribution < 1.29 is 27.9 Å². The molecular weight excluding hydrogens is 345 g/mol. The number of benzene rings is 1. The van der Waals surface area contributed by atoms with Gasteiger partial charge in [0.05, 0.1) is 11.3 Å². The molecule has 1 amide bonds. The summed E-state index contributed by atoms with van der Waals surface area (Å²) in [7, 11) is 0. The van der Waals surface area contributed by atoms with Crippen molar-refractivity contribution in [2.75, 3.05) is 0 Å². The molecule has 0 saturated carbocycles. The minimum Gasteiger partial charge on any atom is -0.508 e. The first-order valence-corrected chi connectivity index (χ1v) is 7.45. The molecule has 1 heterocycles. The Balaban J connectivity index is 2.12. The van der Waals surface area contributed by atoms with E-state index >= 15 is 0 Å². The first kappa shape index (κ1) is 17.7. The highest BCUT2D eigenvalue weighted by Crippen LogP contribution is 2.22. The average Bonchev–Trinajstić information content (AvgIpc) is 3.05. The maximum atomic E-state index is 13.0. The van der Waals surface area contributed by atoms with Gasteiger partial charge in [-0.05, 0) is 35.7 Å². The van der Waals surface area contributed by atoms with Crippen molar-refractivity contribution in [2.45, 2.75) is 12.6 Å². The second-order valence-corrected chi connectivity index (χ2v) is 5.57. The summed E-state index contributed by atoms with van der Waals surface area (Å²) in [4.78, 5) is 23.7. The summed E-state index contributed by atoms with van der Waals surface area (Å²) < 4.78 is 38.9. The summed E-state index contributed by atoms with van der Waals surface area (Å²) in [6.07, 6.45) is -5.82. The Labute approximate surface area is 138 Å². The predicted molar refractivity (Wildman–Crippen MR) is 82.3 cm³/mol. The molecule has 126 valence electrons. The molecule has 9 heteroatoms. The third-order valence-electron chi connectivity index (χ3n) is 2.87. The Morgan fingerprint density at radius 2 is 1.83 bits per heavy atom. The fourth-order valence-corrected chi connectivity index (χ4v) is 2.34. The van der Waals surface area contributed by atoms with E-state index in [9.17, 15) is 22.8 Å². The highest BCUT2D eigenvalue weighted by Gasteiger charge is 2.37. The molecule has 0 spiro atoms. The molecule has 2 aromatic rings. The fraction of sp³-hybridized carbons (Fsp3) is 0.133. The van der Waals surface area contributed by atoms with Crippen LogP contribution in [0.5, 0.6) is 5.75 Å². The molecule has 0 saturated heterocycles. The number of phenols is 1. The molecule has 24 heavy (non-hydrogen) atoms. The molecule has 0 unspecified atom stereocenters. The van der Waals surface area contributed by atoms with Crippen molar-refractivity contribution in [1.29, 1.82) is 0 Å². The number of hydrogen-bond donors (Lipinski definition) is 2. The lowest BCUT2D eigenvalue weighted by Gasteiger charge is -2.10. The Morgan fingerprint density at radius 1 is 1.17 bits per heavy atom. The zero-order valence-electron chi connectivity index (χ0n) is 12.0. The van der Waals surface area contributed by atoms with Gasteiger partial charge in [-0.25, -0.2) is 5.43 Å². The van der Waals surface area contributed by atoms with Gasteiger partial charge in [0, 0.05) is 5.56 Å². The molecule has 0 bridgehead atoms. The summed E-state index contributed by atoms with van der Waals surface area (Å²) in [5.74, 6) is -1.71. The summed E-state index contributed by atoms with van der Waals surface area (Å²) >= 11 is 1.02. The summed E-state index contributed by atoms with van der Waals surface area (Å²) in [6.45, 7) is 0. The number of phenolic OH excluding ortho intramolecular Hbond substituents is 1. The van der Waals surface area contributed by atoms with E-state index in [1.165, 1.54) is 30.3 Å². The summed E-state index contributed by atoms with van der Waals surface area (Å²) in [5.41, 5.74) is 0.395. The Kier molecular flexibility index (Phi) is 5.35. The van der Waals surface area contributed by atoms with Crippen LogP contribution < -0.4 is 5.43 Å². The first-order valence-electron chi connectivity index (χ1n) is 6.57. The van der Waals surface area contributed by atoms with Gasteiger partial charge < -0.3 is 5.11 Å². The van der Waals surface area contributed by atoms with Gasteiger partial charge in [0.25, 0.3) is 5.91 Å². The van der Waals surface area contributed by atoms with E-state index in [-0.39, 0.29) is 16.2 Å². The monoisotopic (exact) mass is 356 g/mol. The minimum atomic E-state index is -4.85. The number of amides is 1. The molecule has 0 aliphatic heterocycles. The molecule has 5 nitrogen and oxygen atoms in total. The summed E-state index contributed by atoms with van der Waals surface area (Å²) in [6, 6.07) is 7.84. The van der Waals surface area contributed by atoms with Gasteiger partial charge in [0.15, 0.2) is 5.78 Å². The highest BCUT2D eigenvalue weighted by atomic mass is 32.1. The van der Waals surface area contributed by atoms with E-state index in [0.717, 1.165) is 11.3 Å². The molecule has 0 fully saturated rings. The first-order chi connectivity index (χ1) is 11.3. The minimum absolute atomic E-state index is 0.0163. The van der Waals surface area contributed by atoms with Crippen LogP contribution in [0.15, 0.2) is 46.9 Å². The lowest BCUT2D eigenvalue weighted by Crippen LogP contribution is -2.30. The largest absolute Gasteiger partial charge is 0.508 e. The number of nitrogens with zero attached hydrogens (tertiary/aromatic N) is 1. The number of ketones is 1. The maximum absolute atomic E-state index is 13.0. The zero-order valence-corrected chi connectivity index (χ0v) is 12.8. The van der Waals surface area contributed by atoms with Gasteiger partial charge >= 0.3 is 6.18 Å². The van der Waals surface area contributed by atoms with E-state index in [1.54, 1.807) is 16.9 Å². The maximum Gasteiger partial charge on any atom is 0.431 e. The van der Waals surface area contributed by atoms with Gasteiger partial charge in [0.2, 0.25) is 0 Å². The van der Waals surface area contributed by atoms with Crippen molar-refractivity contribution in [3.63, 3.8) is 0 Å². The number of nitrogens with one attached hydrogen (secondary N) is 1. The SMILES string of the molecule is O=C(NN=C(CC(=O)c1cccs1)C(F)(F)F)c1ccc(O)cc1. The van der Waals surface area contributed by atoms with Gasteiger partial charge in [-0.2, -0.15) is 18.3 Å². The smallest absolute Gasteiger partial charge is 0.431 e. The van der Waals surface area contributed by atoms with Crippen LogP contribution in [-0.2, 0) is 0 Å². The van der Waals surface area contributed by atoms with Crippen LogP contribution in [0.1, 0.15) is 26.5 Å². The second-order valence-electron chi connectivity index (χ2n) is 4.62. The third-order valence-corrected chi connectivity index (χ3v) is 3.78. The normalized spacial score (nSPS) is 12.0. The number of alkyl halides is 3. The van der Waals surface area contributed by atoms with Crippen molar-refractivity contribution in [2.24, 2.45) is 5.10 Å². The van der Waals surface area contributed by atoms with E-state index < -0.39 is 30.0 Å². The highest BCUT2D eigenvalue weighted by molar-refractivity contribution is 7.12. The predicted octanol–water partition coefficient (Wildman–Crippen LogP) is 3.37. The number of rotatable bonds is 5. The van der Waals surface area contributed by atoms with Crippen molar-refractivity contribution in [3.8, 4) is 5.75 Å². The average molecular weight is 356 g/mol. The lowest BCUT2D eigenvalue weighted by molar-refractivity contribution is -0.0605. The number of hydrazone groups is 1. The van der Waals surface area contributed by atoms with E-state index in [4.69, 9.17) is 5.11 Å². The number of hydrogen-bond acceptors (Lipinski definition) is 5. The molecule has 0 aliphatic carbocycles. The van der Waals surface area contributed by atoms with Crippen molar-refractivity contribution in [1.82, 2.24) is 5.43 Å². The lowest BCUT2D eigenvalue weighted by atomic mass is 10.1. The second kappa shape index (κ2) is 7.26. The quantitative estimate of drug-likeness (QED) is 0.490. The Bertz CT molecular complexity index is 753.